The van der Waals surface area contributed by atoms with E-state index in [-0.39, 0.29) is 12.0 Å². The minimum atomic E-state index is -4.47. The van der Waals surface area contributed by atoms with E-state index in [2.05, 4.69) is 4.98 Å². The van der Waals surface area contributed by atoms with Crippen molar-refractivity contribution < 1.29 is 27.9 Å². The second-order valence-corrected chi connectivity index (χ2v) is 5.32. The maximum Gasteiger partial charge on any atom is 0.416 e. The van der Waals surface area contributed by atoms with Crippen LogP contribution in [0, 0.1) is 0 Å². The van der Waals surface area contributed by atoms with Crippen LogP contribution in [-0.4, -0.2) is 28.5 Å². The largest absolute Gasteiger partial charge is 0.480 e. The van der Waals surface area contributed by atoms with Crippen LogP contribution in [0.3, 0.4) is 0 Å². The highest BCUT2D eigenvalue weighted by Gasteiger charge is 2.32. The van der Waals surface area contributed by atoms with E-state index in [0.29, 0.717) is 16.9 Å². The Morgan fingerprint density at radius 1 is 1.25 bits per heavy atom. The molecule has 1 aromatic heterocycles. The van der Waals surface area contributed by atoms with Gasteiger partial charge in [0.15, 0.2) is 0 Å². The zero-order valence-corrected chi connectivity index (χ0v) is 12.2. The van der Waals surface area contributed by atoms with Crippen molar-refractivity contribution in [2.75, 3.05) is 11.4 Å². The lowest BCUT2D eigenvalue weighted by atomic mass is 10.0. The summed E-state index contributed by atoms with van der Waals surface area (Å²) in [6, 6.07) is 6.22. The van der Waals surface area contributed by atoms with Crippen LogP contribution in [0.15, 0.2) is 36.5 Å². The van der Waals surface area contributed by atoms with Gasteiger partial charge in [0.25, 0.3) is 0 Å². The summed E-state index contributed by atoms with van der Waals surface area (Å²) in [4.78, 5) is 27.9. The third-order valence-electron chi connectivity index (χ3n) is 3.67. The van der Waals surface area contributed by atoms with Crippen molar-refractivity contribution in [3.05, 3.63) is 47.8 Å². The zero-order valence-electron chi connectivity index (χ0n) is 12.2. The molecular formula is C16H11F3N2O3. The lowest BCUT2D eigenvalue weighted by molar-refractivity contribution is -0.137. The number of anilines is 1. The van der Waals surface area contributed by atoms with Gasteiger partial charge in [0, 0.05) is 11.8 Å². The van der Waals surface area contributed by atoms with Gasteiger partial charge in [-0.3, -0.25) is 19.5 Å². The molecule has 0 fully saturated rings. The Labute approximate surface area is 134 Å². The van der Waals surface area contributed by atoms with Gasteiger partial charge < -0.3 is 5.11 Å². The first kappa shape index (κ1) is 16.0. The second kappa shape index (κ2) is 5.63. The molecule has 2 heterocycles. The van der Waals surface area contributed by atoms with Crippen molar-refractivity contribution in [2.45, 2.75) is 12.6 Å². The van der Waals surface area contributed by atoms with Crippen LogP contribution in [0.5, 0.6) is 0 Å². The minimum Gasteiger partial charge on any atom is -0.480 e. The van der Waals surface area contributed by atoms with E-state index in [1.807, 2.05) is 0 Å². The Kier molecular flexibility index (Phi) is 3.75. The number of aromatic nitrogens is 1. The zero-order chi connectivity index (χ0) is 17.5. The number of carbonyl (C=O) groups excluding carboxylic acids is 1. The molecule has 1 aliphatic heterocycles. The highest BCUT2D eigenvalue weighted by atomic mass is 19.4. The molecule has 0 saturated carbocycles. The topological polar surface area (TPSA) is 70.5 Å². The predicted octanol–water partition coefficient (Wildman–Crippen LogP) is 2.74. The highest BCUT2D eigenvalue weighted by Crippen LogP contribution is 2.35. The number of benzene rings is 1. The molecule has 0 saturated heterocycles. The van der Waals surface area contributed by atoms with Crippen molar-refractivity contribution in [3.63, 3.8) is 0 Å². The second-order valence-electron chi connectivity index (χ2n) is 5.32. The lowest BCUT2D eigenvalue weighted by Crippen LogP contribution is -2.32. The molecule has 2 aromatic rings. The third kappa shape index (κ3) is 2.94. The van der Waals surface area contributed by atoms with Crippen LogP contribution < -0.4 is 4.90 Å². The number of carbonyl (C=O) groups is 2. The number of fused-ring (bicyclic) bond motifs is 1. The van der Waals surface area contributed by atoms with Crippen LogP contribution >= 0.6 is 0 Å². The van der Waals surface area contributed by atoms with Crippen LogP contribution in [-0.2, 0) is 22.2 Å². The van der Waals surface area contributed by atoms with Gasteiger partial charge in [-0.25, -0.2) is 0 Å². The molecule has 3 rings (SSSR count). The fourth-order valence-corrected chi connectivity index (χ4v) is 2.57. The molecule has 24 heavy (non-hydrogen) atoms. The average Bonchev–Trinajstić information content (AvgIpc) is 2.81. The summed E-state index contributed by atoms with van der Waals surface area (Å²) < 4.78 is 38.5. The number of halogens is 3. The highest BCUT2D eigenvalue weighted by molar-refractivity contribution is 6.04. The van der Waals surface area contributed by atoms with Gasteiger partial charge in [-0.1, -0.05) is 12.1 Å². The minimum absolute atomic E-state index is 0.0223. The quantitative estimate of drug-likeness (QED) is 0.936. The van der Waals surface area contributed by atoms with Gasteiger partial charge in [-0.05, 0) is 23.8 Å². The van der Waals surface area contributed by atoms with E-state index < -0.39 is 30.2 Å². The van der Waals surface area contributed by atoms with E-state index in [1.165, 1.54) is 24.4 Å². The summed E-state index contributed by atoms with van der Waals surface area (Å²) in [7, 11) is 0. The van der Waals surface area contributed by atoms with Crippen molar-refractivity contribution in [3.8, 4) is 11.1 Å². The molecule has 1 aliphatic rings. The Hall–Kier alpha value is -2.90. The number of carboxylic acid groups (broad SMARTS) is 1. The molecule has 124 valence electrons. The van der Waals surface area contributed by atoms with Crippen molar-refractivity contribution in [1.82, 2.24) is 4.98 Å². The number of alkyl halides is 3. The summed E-state index contributed by atoms with van der Waals surface area (Å²) in [6.07, 6.45) is -3.11. The molecule has 0 unspecified atom stereocenters. The number of pyridine rings is 1. The molecule has 1 aromatic carbocycles. The van der Waals surface area contributed by atoms with Gasteiger partial charge in [-0.2, -0.15) is 13.2 Å². The third-order valence-corrected chi connectivity index (χ3v) is 3.67. The van der Waals surface area contributed by atoms with Gasteiger partial charge in [0.1, 0.15) is 6.54 Å². The lowest BCUT2D eigenvalue weighted by Gasteiger charge is -2.15. The van der Waals surface area contributed by atoms with Gasteiger partial charge >= 0.3 is 12.1 Å². The van der Waals surface area contributed by atoms with E-state index in [9.17, 15) is 22.8 Å². The molecule has 1 N–H and O–H groups in total. The number of nitrogens with zero attached hydrogens (tertiary/aromatic N) is 2. The number of carboxylic acids is 1. The standard InChI is InChI=1S/C16H11F3N2O3/c17-16(18,19)11-3-1-2-9(4-11)10-5-13-12(20-7-10)6-14(22)21(13)8-15(23)24/h1-5,7H,6,8H2,(H,23,24). The van der Waals surface area contributed by atoms with E-state index in [1.54, 1.807) is 0 Å². The number of hydrogen-bond donors (Lipinski definition) is 1. The molecule has 5 nitrogen and oxygen atoms in total. The Bertz CT molecular complexity index is 834. The summed E-state index contributed by atoms with van der Waals surface area (Å²) in [6.45, 7) is -0.514. The summed E-state index contributed by atoms with van der Waals surface area (Å²) in [5.41, 5.74) is 0.605. The monoisotopic (exact) mass is 336 g/mol. The molecule has 1 amide bonds. The van der Waals surface area contributed by atoms with Crippen molar-refractivity contribution >= 4 is 17.6 Å². The SMILES string of the molecule is O=C(O)CN1C(=O)Cc2ncc(-c3cccc(C(F)(F)F)c3)cc21. The summed E-state index contributed by atoms with van der Waals surface area (Å²) in [5, 5.41) is 8.89. The molecule has 0 atom stereocenters. The fourth-order valence-electron chi connectivity index (χ4n) is 2.57. The van der Waals surface area contributed by atoms with Crippen molar-refractivity contribution in [1.29, 1.82) is 0 Å². The van der Waals surface area contributed by atoms with Crippen LogP contribution in [0.25, 0.3) is 11.1 Å². The molecule has 0 radical (unpaired) electrons. The van der Waals surface area contributed by atoms with Gasteiger partial charge in [0.05, 0.1) is 23.4 Å². The normalized spacial score (nSPS) is 14.0. The maximum absolute atomic E-state index is 12.8. The first-order chi connectivity index (χ1) is 11.3. The van der Waals surface area contributed by atoms with Crippen LogP contribution in [0.4, 0.5) is 18.9 Å². The number of hydrogen-bond acceptors (Lipinski definition) is 3. The number of rotatable bonds is 3. The maximum atomic E-state index is 12.8. The van der Waals surface area contributed by atoms with E-state index in [0.717, 1.165) is 17.0 Å². The molecular weight excluding hydrogens is 325 g/mol. The molecule has 0 spiro atoms. The Balaban J connectivity index is 2.02. The summed E-state index contributed by atoms with van der Waals surface area (Å²) >= 11 is 0. The summed E-state index contributed by atoms with van der Waals surface area (Å²) in [5.74, 6) is -1.58. The number of amides is 1. The van der Waals surface area contributed by atoms with Gasteiger partial charge in [-0.15, -0.1) is 0 Å². The van der Waals surface area contributed by atoms with Crippen molar-refractivity contribution in [2.24, 2.45) is 0 Å². The number of aliphatic carboxylic acids is 1. The first-order valence-corrected chi connectivity index (χ1v) is 6.94. The van der Waals surface area contributed by atoms with Crippen LogP contribution in [0.1, 0.15) is 11.3 Å². The predicted molar refractivity (Wildman–Crippen MR) is 78.4 cm³/mol. The molecule has 0 aliphatic carbocycles. The van der Waals surface area contributed by atoms with E-state index >= 15 is 0 Å². The fraction of sp³-hybridized carbons (Fsp3) is 0.188. The smallest absolute Gasteiger partial charge is 0.416 e. The molecule has 8 heteroatoms. The van der Waals surface area contributed by atoms with E-state index in [4.69, 9.17) is 5.11 Å². The first-order valence-electron chi connectivity index (χ1n) is 6.94. The average molecular weight is 336 g/mol. The Morgan fingerprint density at radius 2 is 2.00 bits per heavy atom. The Morgan fingerprint density at radius 3 is 2.67 bits per heavy atom. The van der Waals surface area contributed by atoms with Gasteiger partial charge in [0.2, 0.25) is 5.91 Å². The van der Waals surface area contributed by atoms with Crippen LogP contribution in [0.2, 0.25) is 0 Å². The molecule has 0 bridgehead atoms.